The molecule has 0 aromatic heterocycles. The van der Waals surface area contributed by atoms with Crippen LogP contribution >= 0.6 is 0 Å². The first kappa shape index (κ1) is 12.3. The van der Waals surface area contributed by atoms with Crippen molar-refractivity contribution in [3.05, 3.63) is 35.9 Å². The van der Waals surface area contributed by atoms with Crippen molar-refractivity contribution in [1.82, 2.24) is 0 Å². The molecule has 1 heteroatoms. The molecule has 0 amide bonds. The lowest BCUT2D eigenvalue weighted by molar-refractivity contribution is 0.0448. The minimum atomic E-state index is -0.658. The topological polar surface area (TPSA) is 20.2 Å². The van der Waals surface area contributed by atoms with E-state index in [0.717, 1.165) is 18.4 Å². The van der Waals surface area contributed by atoms with Crippen molar-refractivity contribution in [3.63, 3.8) is 0 Å². The van der Waals surface area contributed by atoms with E-state index in [9.17, 15) is 5.11 Å². The predicted octanol–water partition coefficient (Wildman–Crippen LogP) is 3.86. The molecule has 15 heavy (non-hydrogen) atoms. The molecule has 0 unspecified atom stereocenters. The standard InChI is InChI=1S/C14H22O/c1-3-4-5-9-12-14(2,15)13-10-7-6-8-11-13/h6-8,10-11,15H,3-5,9,12H2,1-2H3/t14-/m1/s1. The van der Waals surface area contributed by atoms with Crippen LogP contribution in [0.3, 0.4) is 0 Å². The van der Waals surface area contributed by atoms with E-state index in [0.29, 0.717) is 0 Å². The zero-order chi connectivity index (χ0) is 11.1. The third-order valence-corrected chi connectivity index (χ3v) is 2.91. The van der Waals surface area contributed by atoms with Crippen LogP contribution in [0.25, 0.3) is 0 Å². The van der Waals surface area contributed by atoms with Crippen molar-refractivity contribution in [2.45, 2.75) is 51.6 Å². The summed E-state index contributed by atoms with van der Waals surface area (Å²) in [6.07, 6.45) is 5.70. The molecular formula is C14H22O. The molecule has 0 bridgehead atoms. The molecule has 0 heterocycles. The molecule has 1 N–H and O–H groups in total. The largest absolute Gasteiger partial charge is 0.385 e. The second-order valence-electron chi connectivity index (χ2n) is 4.45. The summed E-state index contributed by atoms with van der Waals surface area (Å²) >= 11 is 0. The highest BCUT2D eigenvalue weighted by atomic mass is 16.3. The van der Waals surface area contributed by atoms with Gasteiger partial charge in [0.25, 0.3) is 0 Å². The van der Waals surface area contributed by atoms with E-state index in [-0.39, 0.29) is 0 Å². The van der Waals surface area contributed by atoms with E-state index in [2.05, 4.69) is 6.92 Å². The molecule has 0 spiro atoms. The average Bonchev–Trinajstić information content (AvgIpc) is 2.26. The molecular weight excluding hydrogens is 184 g/mol. The predicted molar refractivity (Wildman–Crippen MR) is 64.8 cm³/mol. The Morgan fingerprint density at radius 1 is 1.07 bits per heavy atom. The summed E-state index contributed by atoms with van der Waals surface area (Å²) in [6, 6.07) is 9.95. The summed E-state index contributed by atoms with van der Waals surface area (Å²) in [4.78, 5) is 0. The molecule has 0 fully saturated rings. The van der Waals surface area contributed by atoms with E-state index in [1.54, 1.807) is 0 Å². The van der Waals surface area contributed by atoms with Gasteiger partial charge in [-0.3, -0.25) is 0 Å². The Morgan fingerprint density at radius 2 is 1.73 bits per heavy atom. The fourth-order valence-electron chi connectivity index (χ4n) is 1.84. The fourth-order valence-corrected chi connectivity index (χ4v) is 1.84. The fraction of sp³-hybridized carbons (Fsp3) is 0.571. The highest BCUT2D eigenvalue weighted by Crippen LogP contribution is 2.26. The zero-order valence-corrected chi connectivity index (χ0v) is 9.87. The summed E-state index contributed by atoms with van der Waals surface area (Å²) in [5.74, 6) is 0. The zero-order valence-electron chi connectivity index (χ0n) is 9.87. The lowest BCUT2D eigenvalue weighted by Crippen LogP contribution is -2.20. The van der Waals surface area contributed by atoms with Gasteiger partial charge in [0.1, 0.15) is 0 Å². The molecule has 1 atom stereocenters. The van der Waals surface area contributed by atoms with Gasteiger partial charge in [-0.25, -0.2) is 0 Å². The number of unbranched alkanes of at least 4 members (excludes halogenated alkanes) is 3. The summed E-state index contributed by atoms with van der Waals surface area (Å²) in [6.45, 7) is 4.11. The minimum Gasteiger partial charge on any atom is -0.385 e. The van der Waals surface area contributed by atoms with E-state index in [4.69, 9.17) is 0 Å². The van der Waals surface area contributed by atoms with Crippen LogP contribution in [0.5, 0.6) is 0 Å². The Labute approximate surface area is 93.1 Å². The molecule has 0 aliphatic heterocycles. The van der Waals surface area contributed by atoms with Crippen molar-refractivity contribution in [1.29, 1.82) is 0 Å². The Morgan fingerprint density at radius 3 is 2.33 bits per heavy atom. The van der Waals surface area contributed by atoms with Crippen molar-refractivity contribution < 1.29 is 5.11 Å². The number of rotatable bonds is 6. The first-order valence-electron chi connectivity index (χ1n) is 5.94. The highest BCUT2D eigenvalue weighted by Gasteiger charge is 2.21. The molecule has 0 radical (unpaired) electrons. The Balaban J connectivity index is 2.45. The molecule has 1 rings (SSSR count). The van der Waals surface area contributed by atoms with Crippen molar-refractivity contribution in [2.24, 2.45) is 0 Å². The first-order valence-corrected chi connectivity index (χ1v) is 5.94. The second-order valence-corrected chi connectivity index (χ2v) is 4.45. The van der Waals surface area contributed by atoms with Crippen LogP contribution < -0.4 is 0 Å². The molecule has 84 valence electrons. The van der Waals surface area contributed by atoms with Crippen LogP contribution in [0.4, 0.5) is 0 Å². The molecule has 0 saturated carbocycles. The smallest absolute Gasteiger partial charge is 0.0868 e. The van der Waals surface area contributed by atoms with Gasteiger partial charge >= 0.3 is 0 Å². The number of hydrogen-bond acceptors (Lipinski definition) is 1. The maximum absolute atomic E-state index is 10.3. The van der Waals surface area contributed by atoms with E-state index in [1.807, 2.05) is 37.3 Å². The van der Waals surface area contributed by atoms with E-state index >= 15 is 0 Å². The van der Waals surface area contributed by atoms with Gasteiger partial charge in [0, 0.05) is 0 Å². The van der Waals surface area contributed by atoms with Gasteiger partial charge in [0.05, 0.1) is 5.60 Å². The number of benzene rings is 1. The van der Waals surface area contributed by atoms with Gasteiger partial charge in [-0.15, -0.1) is 0 Å². The maximum Gasteiger partial charge on any atom is 0.0868 e. The third-order valence-electron chi connectivity index (χ3n) is 2.91. The van der Waals surface area contributed by atoms with Gasteiger partial charge < -0.3 is 5.11 Å². The normalized spacial score (nSPS) is 14.9. The van der Waals surface area contributed by atoms with Gasteiger partial charge in [-0.2, -0.15) is 0 Å². The van der Waals surface area contributed by atoms with Crippen LogP contribution in [-0.4, -0.2) is 5.11 Å². The summed E-state index contributed by atoms with van der Waals surface area (Å²) in [5.41, 5.74) is 0.371. The lowest BCUT2D eigenvalue weighted by atomic mass is 9.90. The second kappa shape index (κ2) is 5.92. The Bertz CT molecular complexity index is 264. The van der Waals surface area contributed by atoms with Gasteiger partial charge in [-0.1, -0.05) is 62.9 Å². The highest BCUT2D eigenvalue weighted by molar-refractivity contribution is 5.21. The molecule has 1 aromatic carbocycles. The Hall–Kier alpha value is -0.820. The number of aliphatic hydroxyl groups is 1. The quantitative estimate of drug-likeness (QED) is 0.701. The minimum absolute atomic E-state index is 0.658. The average molecular weight is 206 g/mol. The first-order chi connectivity index (χ1) is 7.17. The molecule has 1 nitrogen and oxygen atoms in total. The van der Waals surface area contributed by atoms with Gasteiger partial charge in [0.15, 0.2) is 0 Å². The van der Waals surface area contributed by atoms with Crippen molar-refractivity contribution >= 4 is 0 Å². The van der Waals surface area contributed by atoms with E-state index < -0.39 is 5.60 Å². The summed E-state index contributed by atoms with van der Waals surface area (Å²) < 4.78 is 0. The van der Waals surface area contributed by atoms with Crippen LogP contribution in [-0.2, 0) is 5.60 Å². The van der Waals surface area contributed by atoms with Crippen LogP contribution in [0.15, 0.2) is 30.3 Å². The SMILES string of the molecule is CCCCCC[C@@](C)(O)c1ccccc1. The molecule has 0 aliphatic carbocycles. The summed E-state index contributed by atoms with van der Waals surface area (Å²) in [7, 11) is 0. The lowest BCUT2D eigenvalue weighted by Gasteiger charge is -2.23. The van der Waals surface area contributed by atoms with Crippen molar-refractivity contribution in [3.8, 4) is 0 Å². The van der Waals surface area contributed by atoms with Crippen LogP contribution in [0.2, 0.25) is 0 Å². The Kier molecular flexibility index (Phi) is 4.83. The third kappa shape index (κ3) is 4.05. The van der Waals surface area contributed by atoms with Gasteiger partial charge in [0.2, 0.25) is 0 Å². The van der Waals surface area contributed by atoms with Crippen molar-refractivity contribution in [2.75, 3.05) is 0 Å². The summed E-state index contributed by atoms with van der Waals surface area (Å²) in [5, 5.41) is 10.3. The molecule has 0 saturated heterocycles. The number of hydrogen-bond donors (Lipinski definition) is 1. The van der Waals surface area contributed by atoms with Crippen LogP contribution in [0, 0.1) is 0 Å². The van der Waals surface area contributed by atoms with Gasteiger partial charge in [-0.05, 0) is 18.9 Å². The van der Waals surface area contributed by atoms with Crippen LogP contribution in [0.1, 0.15) is 51.5 Å². The monoisotopic (exact) mass is 206 g/mol. The molecule has 1 aromatic rings. The maximum atomic E-state index is 10.3. The van der Waals surface area contributed by atoms with E-state index in [1.165, 1.54) is 19.3 Å². The molecule has 0 aliphatic rings.